The number of benzene rings is 1. The minimum atomic E-state index is -0.101. The quantitative estimate of drug-likeness (QED) is 0.560. The van der Waals surface area contributed by atoms with Gasteiger partial charge in [0.25, 0.3) is 0 Å². The van der Waals surface area contributed by atoms with Crippen molar-refractivity contribution in [2.24, 2.45) is 10.1 Å². The molecule has 0 saturated carbocycles. The largest absolute Gasteiger partial charge is 0.353 e. The Morgan fingerprint density at radius 3 is 2.76 bits per heavy atom. The number of amides is 1. The zero-order valence-electron chi connectivity index (χ0n) is 11.7. The molecule has 1 aromatic rings. The summed E-state index contributed by atoms with van der Waals surface area (Å²) in [6, 6.07) is 5.65. The summed E-state index contributed by atoms with van der Waals surface area (Å²) in [5, 5.41) is 10.1. The van der Waals surface area contributed by atoms with Crippen LogP contribution in [-0.4, -0.2) is 30.7 Å². The average Bonchev–Trinajstić information content (AvgIpc) is 2.91. The normalized spacial score (nSPS) is 13.9. The fourth-order valence-corrected chi connectivity index (χ4v) is 2.18. The van der Waals surface area contributed by atoms with Crippen LogP contribution >= 0.6 is 28.3 Å². The molecule has 0 unspecified atom stereocenters. The molecule has 0 radical (unpaired) electrons. The SMILES string of the molecule is CC(=O)Nc1ccc(/C(C)=N/NC2=NCCN2)cc1Br.Cl. The van der Waals surface area contributed by atoms with Gasteiger partial charge in [0.15, 0.2) is 0 Å². The van der Waals surface area contributed by atoms with Gasteiger partial charge >= 0.3 is 0 Å². The maximum Gasteiger partial charge on any atom is 0.221 e. The second-order valence-corrected chi connectivity index (χ2v) is 5.20. The summed E-state index contributed by atoms with van der Waals surface area (Å²) in [7, 11) is 0. The Morgan fingerprint density at radius 1 is 1.43 bits per heavy atom. The number of carbonyl (C=O) groups is 1. The van der Waals surface area contributed by atoms with E-state index in [1.807, 2.05) is 25.1 Å². The molecule has 1 aromatic carbocycles. The molecule has 114 valence electrons. The molecule has 1 heterocycles. The topological polar surface area (TPSA) is 77.9 Å². The molecule has 2 rings (SSSR count). The Labute approximate surface area is 138 Å². The molecule has 0 saturated heterocycles. The number of carbonyl (C=O) groups excluding carboxylic acids is 1. The van der Waals surface area contributed by atoms with Crippen molar-refractivity contribution in [3.05, 3.63) is 28.2 Å². The summed E-state index contributed by atoms with van der Waals surface area (Å²) in [4.78, 5) is 15.2. The minimum absolute atomic E-state index is 0. The molecule has 0 atom stereocenters. The van der Waals surface area contributed by atoms with Crippen molar-refractivity contribution in [1.29, 1.82) is 0 Å². The van der Waals surface area contributed by atoms with Crippen molar-refractivity contribution < 1.29 is 4.79 Å². The van der Waals surface area contributed by atoms with Crippen LogP contribution in [0.1, 0.15) is 19.4 Å². The van der Waals surface area contributed by atoms with Gasteiger partial charge in [0.05, 0.1) is 17.9 Å². The van der Waals surface area contributed by atoms with Gasteiger partial charge in [-0.25, -0.2) is 10.4 Å². The highest BCUT2D eigenvalue weighted by atomic mass is 79.9. The number of hydrazone groups is 1. The van der Waals surface area contributed by atoms with E-state index >= 15 is 0 Å². The first-order valence-corrected chi connectivity index (χ1v) is 7.01. The maximum absolute atomic E-state index is 11.0. The fourth-order valence-electron chi connectivity index (χ4n) is 1.71. The van der Waals surface area contributed by atoms with E-state index in [-0.39, 0.29) is 18.3 Å². The predicted molar refractivity (Wildman–Crippen MR) is 91.3 cm³/mol. The zero-order valence-corrected chi connectivity index (χ0v) is 14.1. The highest BCUT2D eigenvalue weighted by Crippen LogP contribution is 2.23. The van der Waals surface area contributed by atoms with Crippen molar-refractivity contribution in [3.8, 4) is 0 Å². The minimum Gasteiger partial charge on any atom is -0.353 e. The molecule has 1 aliphatic heterocycles. The Kier molecular flexibility index (Phi) is 6.64. The van der Waals surface area contributed by atoms with Crippen molar-refractivity contribution in [2.75, 3.05) is 18.4 Å². The molecule has 1 amide bonds. The van der Waals surface area contributed by atoms with Crippen LogP contribution in [0.3, 0.4) is 0 Å². The number of halogens is 2. The lowest BCUT2D eigenvalue weighted by molar-refractivity contribution is -0.114. The third-order valence-electron chi connectivity index (χ3n) is 2.70. The van der Waals surface area contributed by atoms with E-state index in [1.165, 1.54) is 6.92 Å². The number of nitrogens with one attached hydrogen (secondary N) is 3. The number of guanidine groups is 1. The summed E-state index contributed by atoms with van der Waals surface area (Å²) in [6.07, 6.45) is 0. The fraction of sp³-hybridized carbons (Fsp3) is 0.308. The number of anilines is 1. The van der Waals surface area contributed by atoms with Gasteiger partial charge in [-0.3, -0.25) is 4.79 Å². The van der Waals surface area contributed by atoms with Crippen LogP contribution in [0.4, 0.5) is 5.69 Å². The Morgan fingerprint density at radius 2 is 2.19 bits per heavy atom. The first-order chi connectivity index (χ1) is 9.56. The standard InChI is InChI=1S/C13H16BrN5O.ClH/c1-8(18-19-13-15-5-6-16-13)10-3-4-12(11(14)7-10)17-9(2)20;/h3-4,7H,5-6H2,1-2H3,(H,17,20)(H2,15,16,19);1H/b18-8+;. The highest BCUT2D eigenvalue weighted by molar-refractivity contribution is 9.10. The van der Waals surface area contributed by atoms with E-state index in [0.717, 1.165) is 34.5 Å². The molecule has 21 heavy (non-hydrogen) atoms. The van der Waals surface area contributed by atoms with Gasteiger partial charge in [0.2, 0.25) is 11.9 Å². The van der Waals surface area contributed by atoms with Crippen LogP contribution in [0, 0.1) is 0 Å². The molecule has 0 fully saturated rings. The second kappa shape index (κ2) is 7.99. The number of nitrogens with zero attached hydrogens (tertiary/aromatic N) is 2. The van der Waals surface area contributed by atoms with Crippen LogP contribution in [0.2, 0.25) is 0 Å². The van der Waals surface area contributed by atoms with Gasteiger partial charge in [-0.05, 0) is 40.5 Å². The van der Waals surface area contributed by atoms with Gasteiger partial charge in [-0.2, -0.15) is 5.10 Å². The predicted octanol–water partition coefficient (Wildman–Crippen LogP) is 2.10. The van der Waals surface area contributed by atoms with Crippen molar-refractivity contribution in [3.63, 3.8) is 0 Å². The first-order valence-electron chi connectivity index (χ1n) is 6.22. The van der Waals surface area contributed by atoms with Crippen LogP contribution in [0.15, 0.2) is 32.8 Å². The van der Waals surface area contributed by atoms with Gasteiger partial charge in [-0.15, -0.1) is 12.4 Å². The Bertz CT molecular complexity index is 588. The molecule has 8 heteroatoms. The molecule has 3 N–H and O–H groups in total. The first kappa shape index (κ1) is 17.5. The summed E-state index contributed by atoms with van der Waals surface area (Å²) in [5.74, 6) is 0.592. The van der Waals surface area contributed by atoms with E-state index in [9.17, 15) is 4.79 Å². The lowest BCUT2D eigenvalue weighted by Crippen LogP contribution is -2.30. The van der Waals surface area contributed by atoms with E-state index in [0.29, 0.717) is 5.96 Å². The Hall–Kier alpha value is -1.60. The molecule has 0 aliphatic carbocycles. The Balaban J connectivity index is 0.00000220. The van der Waals surface area contributed by atoms with Crippen LogP contribution in [-0.2, 0) is 4.79 Å². The van der Waals surface area contributed by atoms with Crippen LogP contribution in [0.5, 0.6) is 0 Å². The molecule has 0 spiro atoms. The van der Waals surface area contributed by atoms with Gasteiger partial charge in [-0.1, -0.05) is 6.07 Å². The second-order valence-electron chi connectivity index (χ2n) is 4.34. The van der Waals surface area contributed by atoms with Crippen molar-refractivity contribution in [2.45, 2.75) is 13.8 Å². The van der Waals surface area contributed by atoms with Crippen molar-refractivity contribution >= 4 is 51.6 Å². The molecular weight excluding hydrogens is 358 g/mol. The third kappa shape index (κ3) is 5.02. The maximum atomic E-state index is 11.0. The molecule has 0 aromatic heterocycles. The zero-order chi connectivity index (χ0) is 14.5. The van der Waals surface area contributed by atoms with E-state index in [4.69, 9.17) is 0 Å². The third-order valence-corrected chi connectivity index (χ3v) is 3.36. The number of hydrogen-bond donors (Lipinski definition) is 3. The average molecular weight is 375 g/mol. The molecule has 1 aliphatic rings. The van der Waals surface area contributed by atoms with Gasteiger partial charge in [0, 0.05) is 17.9 Å². The summed E-state index contributed by atoms with van der Waals surface area (Å²) in [6.45, 7) is 5.00. The summed E-state index contributed by atoms with van der Waals surface area (Å²) in [5.41, 5.74) is 5.41. The molecule has 0 bridgehead atoms. The van der Waals surface area contributed by atoms with E-state index in [1.54, 1.807) is 0 Å². The lowest BCUT2D eigenvalue weighted by atomic mass is 10.1. The number of hydrogen-bond acceptors (Lipinski definition) is 5. The van der Waals surface area contributed by atoms with Gasteiger partial charge < -0.3 is 10.6 Å². The molecular formula is C13H17BrClN5O. The number of rotatable bonds is 3. The smallest absolute Gasteiger partial charge is 0.221 e. The highest BCUT2D eigenvalue weighted by Gasteiger charge is 2.06. The van der Waals surface area contributed by atoms with Crippen molar-refractivity contribution in [1.82, 2.24) is 10.7 Å². The summed E-state index contributed by atoms with van der Waals surface area (Å²) >= 11 is 3.44. The number of aliphatic imine (C=N–C) groups is 1. The van der Waals surface area contributed by atoms with Gasteiger partial charge in [0.1, 0.15) is 0 Å². The van der Waals surface area contributed by atoms with E-state index in [2.05, 4.69) is 42.1 Å². The van der Waals surface area contributed by atoms with E-state index < -0.39 is 0 Å². The summed E-state index contributed by atoms with van der Waals surface area (Å²) < 4.78 is 0.816. The molecule has 6 nitrogen and oxygen atoms in total. The monoisotopic (exact) mass is 373 g/mol. The van der Waals surface area contributed by atoms with Crippen LogP contribution in [0.25, 0.3) is 0 Å². The van der Waals surface area contributed by atoms with Crippen LogP contribution < -0.4 is 16.1 Å². The lowest BCUT2D eigenvalue weighted by Gasteiger charge is -2.08.